The molecule has 0 heterocycles. The average Bonchev–Trinajstić information content (AvgIpc) is 2.02. The molecule has 0 aliphatic carbocycles. The predicted octanol–water partition coefficient (Wildman–Crippen LogP) is -0.131. The number of hydrogen-bond donors (Lipinski definition) is 2. The van der Waals surface area contributed by atoms with Crippen LogP contribution in [0.25, 0.3) is 0 Å². The monoisotopic (exact) mass is 220 g/mol. The molecule has 14 heavy (non-hydrogen) atoms. The average molecular weight is 220 g/mol. The molecule has 0 aromatic rings. The summed E-state index contributed by atoms with van der Waals surface area (Å²) >= 11 is 0. The van der Waals surface area contributed by atoms with E-state index >= 15 is 0 Å². The molecule has 0 fully saturated rings. The highest BCUT2D eigenvalue weighted by Crippen LogP contribution is 1.87. The van der Waals surface area contributed by atoms with Crippen LogP contribution in [0.3, 0.4) is 0 Å². The fraction of sp³-hybridized carbons (Fsp3) is 0.889. The van der Waals surface area contributed by atoms with Crippen molar-refractivity contribution in [3.8, 4) is 0 Å². The van der Waals surface area contributed by atoms with E-state index < -0.39 is 10.8 Å². The van der Waals surface area contributed by atoms with E-state index in [-0.39, 0.29) is 11.9 Å². The van der Waals surface area contributed by atoms with E-state index in [4.69, 9.17) is 0 Å². The summed E-state index contributed by atoms with van der Waals surface area (Å²) < 4.78 is 10.8. The minimum absolute atomic E-state index is 0.00467. The van der Waals surface area contributed by atoms with Gasteiger partial charge in [0.05, 0.1) is 0 Å². The van der Waals surface area contributed by atoms with E-state index in [1.54, 1.807) is 6.26 Å². The number of hydrogen-bond acceptors (Lipinski definition) is 3. The lowest BCUT2D eigenvalue weighted by Gasteiger charge is -2.12. The molecule has 1 amide bonds. The zero-order valence-corrected chi connectivity index (χ0v) is 9.95. The topological polar surface area (TPSA) is 58.2 Å². The maximum atomic E-state index is 11.3. The third-order valence-corrected chi connectivity index (χ3v) is 2.64. The molecule has 0 saturated heterocycles. The van der Waals surface area contributed by atoms with Gasteiger partial charge in [-0.1, -0.05) is 6.92 Å². The molecule has 2 N–H and O–H groups in total. The zero-order chi connectivity index (χ0) is 11.0. The number of nitrogens with one attached hydrogen (secondary N) is 2. The van der Waals surface area contributed by atoms with Gasteiger partial charge in [0.2, 0.25) is 5.91 Å². The smallest absolute Gasteiger partial charge is 0.221 e. The summed E-state index contributed by atoms with van der Waals surface area (Å²) in [4.78, 5) is 11.3. The molecule has 4 nitrogen and oxygen atoms in total. The number of amides is 1. The highest BCUT2D eigenvalue weighted by Gasteiger charge is 2.07. The molecule has 84 valence electrons. The van der Waals surface area contributed by atoms with Crippen molar-refractivity contribution in [2.45, 2.75) is 26.3 Å². The van der Waals surface area contributed by atoms with E-state index in [9.17, 15) is 9.00 Å². The van der Waals surface area contributed by atoms with Gasteiger partial charge in [-0.2, -0.15) is 0 Å². The molecule has 0 aliphatic rings. The summed E-state index contributed by atoms with van der Waals surface area (Å²) in [7, 11) is -0.850. The van der Waals surface area contributed by atoms with Crippen LogP contribution in [0.1, 0.15) is 20.3 Å². The third kappa shape index (κ3) is 8.19. The Morgan fingerprint density at radius 1 is 1.50 bits per heavy atom. The summed E-state index contributed by atoms with van der Waals surface area (Å²) in [6.45, 7) is 5.44. The first-order chi connectivity index (χ1) is 6.56. The second kappa shape index (κ2) is 7.94. The molecule has 2 atom stereocenters. The SMILES string of the molecule is CCNCCC(=O)NC(C)CS(C)=O. The van der Waals surface area contributed by atoms with Gasteiger partial charge in [0.15, 0.2) is 0 Å². The van der Waals surface area contributed by atoms with Crippen LogP contribution in [0.2, 0.25) is 0 Å². The fourth-order valence-electron chi connectivity index (χ4n) is 1.12. The highest BCUT2D eigenvalue weighted by molar-refractivity contribution is 7.84. The van der Waals surface area contributed by atoms with E-state index in [1.807, 2.05) is 13.8 Å². The molecule has 0 saturated carbocycles. The largest absolute Gasteiger partial charge is 0.353 e. The molecule has 0 radical (unpaired) electrons. The van der Waals surface area contributed by atoms with Crippen molar-refractivity contribution in [3.63, 3.8) is 0 Å². The van der Waals surface area contributed by atoms with E-state index in [2.05, 4.69) is 10.6 Å². The normalized spacial score (nSPS) is 14.8. The summed E-state index contributed by atoms with van der Waals surface area (Å²) in [6, 6.07) is -0.00467. The highest BCUT2D eigenvalue weighted by atomic mass is 32.2. The van der Waals surface area contributed by atoms with Gasteiger partial charge in [-0.05, 0) is 13.5 Å². The lowest BCUT2D eigenvalue weighted by Crippen LogP contribution is -2.37. The lowest BCUT2D eigenvalue weighted by molar-refractivity contribution is -0.121. The number of carbonyl (C=O) groups excluding carboxylic acids is 1. The van der Waals surface area contributed by atoms with Crippen molar-refractivity contribution < 1.29 is 9.00 Å². The van der Waals surface area contributed by atoms with Gasteiger partial charge in [-0.3, -0.25) is 9.00 Å². The van der Waals surface area contributed by atoms with Gasteiger partial charge in [-0.25, -0.2) is 0 Å². The van der Waals surface area contributed by atoms with Crippen molar-refractivity contribution in [3.05, 3.63) is 0 Å². The Bertz CT molecular complexity index is 197. The first-order valence-electron chi connectivity index (χ1n) is 4.86. The second-order valence-corrected chi connectivity index (χ2v) is 4.79. The van der Waals surface area contributed by atoms with Crippen LogP contribution in [0, 0.1) is 0 Å². The first kappa shape index (κ1) is 13.6. The molecule has 0 spiro atoms. The van der Waals surface area contributed by atoms with E-state index in [0.717, 1.165) is 6.54 Å². The van der Waals surface area contributed by atoms with Crippen molar-refractivity contribution in [2.75, 3.05) is 25.1 Å². The van der Waals surface area contributed by atoms with Crippen LogP contribution < -0.4 is 10.6 Å². The first-order valence-corrected chi connectivity index (χ1v) is 6.59. The Labute approximate surface area is 88.3 Å². The Morgan fingerprint density at radius 3 is 2.64 bits per heavy atom. The lowest BCUT2D eigenvalue weighted by atomic mass is 10.3. The molecule has 5 heteroatoms. The minimum Gasteiger partial charge on any atom is -0.353 e. The molecule has 0 rings (SSSR count). The van der Waals surface area contributed by atoms with Crippen LogP contribution in [-0.2, 0) is 15.6 Å². The molecule has 0 aromatic heterocycles. The molecule has 0 bridgehead atoms. The van der Waals surface area contributed by atoms with Crippen LogP contribution in [0.5, 0.6) is 0 Å². The second-order valence-electron chi connectivity index (χ2n) is 3.31. The van der Waals surface area contributed by atoms with Gasteiger partial charge in [0.1, 0.15) is 0 Å². The van der Waals surface area contributed by atoms with Crippen molar-refractivity contribution >= 4 is 16.7 Å². The molecule has 2 unspecified atom stereocenters. The standard InChI is InChI=1S/C9H20N2O2S/c1-4-10-6-5-9(12)11-8(2)7-14(3)13/h8,10H,4-7H2,1-3H3,(H,11,12). The Kier molecular flexibility index (Phi) is 7.70. The maximum Gasteiger partial charge on any atom is 0.221 e. The van der Waals surface area contributed by atoms with Crippen LogP contribution in [0.4, 0.5) is 0 Å². The summed E-state index contributed by atoms with van der Waals surface area (Å²) in [6.07, 6.45) is 2.12. The quantitative estimate of drug-likeness (QED) is 0.588. The maximum absolute atomic E-state index is 11.3. The number of rotatable bonds is 7. The van der Waals surface area contributed by atoms with Crippen LogP contribution >= 0.6 is 0 Å². The molecule has 0 aliphatic heterocycles. The predicted molar refractivity (Wildman–Crippen MR) is 59.7 cm³/mol. The Balaban J connectivity index is 3.55. The molecule has 0 aromatic carbocycles. The Hall–Kier alpha value is -0.420. The zero-order valence-electron chi connectivity index (χ0n) is 9.13. The van der Waals surface area contributed by atoms with Gasteiger partial charge >= 0.3 is 0 Å². The summed E-state index contributed by atoms with van der Waals surface area (Å²) in [5.74, 6) is 0.538. The van der Waals surface area contributed by atoms with Gasteiger partial charge in [0, 0.05) is 41.8 Å². The Morgan fingerprint density at radius 2 is 2.14 bits per heavy atom. The van der Waals surface area contributed by atoms with E-state index in [0.29, 0.717) is 18.7 Å². The van der Waals surface area contributed by atoms with Gasteiger partial charge in [0.25, 0.3) is 0 Å². The van der Waals surface area contributed by atoms with Crippen molar-refractivity contribution in [1.29, 1.82) is 0 Å². The minimum atomic E-state index is -0.850. The fourth-order valence-corrected chi connectivity index (χ4v) is 1.91. The van der Waals surface area contributed by atoms with Crippen molar-refractivity contribution in [1.82, 2.24) is 10.6 Å². The summed E-state index contributed by atoms with van der Waals surface area (Å²) in [5.41, 5.74) is 0. The molecular formula is C9H20N2O2S. The third-order valence-electron chi connectivity index (χ3n) is 1.67. The van der Waals surface area contributed by atoms with Crippen molar-refractivity contribution in [2.24, 2.45) is 0 Å². The molecular weight excluding hydrogens is 200 g/mol. The number of carbonyl (C=O) groups is 1. The van der Waals surface area contributed by atoms with Gasteiger partial charge < -0.3 is 10.6 Å². The van der Waals surface area contributed by atoms with E-state index in [1.165, 1.54) is 0 Å². The summed E-state index contributed by atoms with van der Waals surface area (Å²) in [5, 5.41) is 5.87. The van der Waals surface area contributed by atoms with Gasteiger partial charge in [-0.15, -0.1) is 0 Å². The van der Waals surface area contributed by atoms with Crippen LogP contribution in [-0.4, -0.2) is 41.3 Å². The van der Waals surface area contributed by atoms with Crippen LogP contribution in [0.15, 0.2) is 0 Å².